The van der Waals surface area contributed by atoms with Crippen molar-refractivity contribution in [3.8, 4) is 17.2 Å². The maximum absolute atomic E-state index is 12.1. The number of thiophene rings is 1. The number of carbonyl (C=O) groups excluding carboxylic acids is 1. The Kier molecular flexibility index (Phi) is 5.05. The van der Waals surface area contributed by atoms with Crippen molar-refractivity contribution in [2.45, 2.75) is 6.61 Å². The molecule has 5 nitrogen and oxygen atoms in total. The van der Waals surface area contributed by atoms with E-state index in [-0.39, 0.29) is 6.61 Å². The Labute approximate surface area is 127 Å². The highest BCUT2D eigenvalue weighted by Crippen LogP contribution is 2.38. The highest BCUT2D eigenvalue weighted by atomic mass is 32.1. The van der Waals surface area contributed by atoms with Crippen LogP contribution >= 0.6 is 11.3 Å². The minimum Gasteiger partial charge on any atom is -0.493 e. The molecule has 0 aliphatic rings. The van der Waals surface area contributed by atoms with Crippen LogP contribution in [0.4, 0.5) is 0 Å². The molecule has 0 atom stereocenters. The fourth-order valence-electron chi connectivity index (χ4n) is 1.81. The smallest absolute Gasteiger partial charge is 0.338 e. The first-order valence-electron chi connectivity index (χ1n) is 6.19. The first kappa shape index (κ1) is 15.2. The molecule has 1 aromatic heterocycles. The third-order valence-electron chi connectivity index (χ3n) is 2.83. The van der Waals surface area contributed by atoms with Gasteiger partial charge in [-0.3, -0.25) is 0 Å². The third kappa shape index (κ3) is 3.46. The van der Waals surface area contributed by atoms with Gasteiger partial charge in [0.05, 0.1) is 26.9 Å². The Morgan fingerprint density at radius 1 is 1.10 bits per heavy atom. The fourth-order valence-corrected chi connectivity index (χ4v) is 2.43. The summed E-state index contributed by atoms with van der Waals surface area (Å²) in [7, 11) is 4.51. The molecule has 6 heteroatoms. The zero-order valence-corrected chi connectivity index (χ0v) is 12.9. The molecule has 1 aromatic carbocycles. The Balaban J connectivity index is 2.20. The molecule has 0 N–H and O–H groups in total. The lowest BCUT2D eigenvalue weighted by Gasteiger charge is -2.13. The van der Waals surface area contributed by atoms with Crippen LogP contribution in [0.1, 0.15) is 15.2 Å². The molecular formula is C15H16O5S. The van der Waals surface area contributed by atoms with Crippen LogP contribution in [0, 0.1) is 0 Å². The number of esters is 1. The second-order valence-corrected chi connectivity index (χ2v) is 5.10. The fraction of sp³-hybridized carbons (Fsp3) is 0.267. The van der Waals surface area contributed by atoms with Crippen molar-refractivity contribution < 1.29 is 23.7 Å². The van der Waals surface area contributed by atoms with E-state index in [9.17, 15) is 4.79 Å². The second-order valence-electron chi connectivity index (χ2n) is 4.07. The first-order valence-corrected chi connectivity index (χ1v) is 7.07. The maximum atomic E-state index is 12.1. The zero-order valence-electron chi connectivity index (χ0n) is 12.0. The van der Waals surface area contributed by atoms with Gasteiger partial charge < -0.3 is 18.9 Å². The molecule has 0 fully saturated rings. The summed E-state index contributed by atoms with van der Waals surface area (Å²) in [6.45, 7) is 0.243. The molecule has 112 valence electrons. The minimum atomic E-state index is -0.442. The Morgan fingerprint density at radius 2 is 1.76 bits per heavy atom. The molecule has 0 spiro atoms. The van der Waals surface area contributed by atoms with Gasteiger partial charge in [0.2, 0.25) is 5.75 Å². The maximum Gasteiger partial charge on any atom is 0.338 e. The van der Waals surface area contributed by atoms with Gasteiger partial charge >= 0.3 is 5.97 Å². The van der Waals surface area contributed by atoms with Gasteiger partial charge in [0, 0.05) is 4.88 Å². The topological polar surface area (TPSA) is 54.0 Å². The summed E-state index contributed by atoms with van der Waals surface area (Å²) in [6, 6.07) is 6.95. The molecule has 0 bridgehead atoms. The van der Waals surface area contributed by atoms with E-state index in [1.54, 1.807) is 12.1 Å². The highest BCUT2D eigenvalue weighted by molar-refractivity contribution is 7.09. The third-order valence-corrected chi connectivity index (χ3v) is 3.68. The molecule has 0 saturated heterocycles. The van der Waals surface area contributed by atoms with Crippen LogP contribution in [0.2, 0.25) is 0 Å². The summed E-state index contributed by atoms with van der Waals surface area (Å²) >= 11 is 1.53. The average Bonchev–Trinajstić information content (AvgIpc) is 3.04. The number of methoxy groups -OCH3 is 3. The molecule has 0 amide bonds. The van der Waals surface area contributed by atoms with Crippen molar-refractivity contribution in [1.82, 2.24) is 0 Å². The van der Waals surface area contributed by atoms with Gasteiger partial charge in [-0.25, -0.2) is 4.79 Å². The Hall–Kier alpha value is -2.21. The van der Waals surface area contributed by atoms with E-state index in [0.717, 1.165) is 4.88 Å². The molecule has 0 aliphatic heterocycles. The molecule has 1 heterocycles. The SMILES string of the molecule is COc1cc(C(=O)OCc2cccs2)cc(OC)c1OC. The molecule has 2 aromatic rings. The van der Waals surface area contributed by atoms with Crippen LogP contribution in [-0.2, 0) is 11.3 Å². The number of rotatable bonds is 6. The number of hydrogen-bond acceptors (Lipinski definition) is 6. The van der Waals surface area contributed by atoms with Gasteiger partial charge in [-0.1, -0.05) is 6.07 Å². The Bertz CT molecular complexity index is 582. The lowest BCUT2D eigenvalue weighted by molar-refractivity contribution is 0.0476. The molecule has 21 heavy (non-hydrogen) atoms. The Morgan fingerprint density at radius 3 is 2.24 bits per heavy atom. The summed E-state index contributed by atoms with van der Waals surface area (Å²) in [5.41, 5.74) is 0.348. The number of hydrogen-bond donors (Lipinski definition) is 0. The predicted octanol–water partition coefficient (Wildman–Crippen LogP) is 3.13. The van der Waals surface area contributed by atoms with Crippen LogP contribution in [0.3, 0.4) is 0 Å². The second kappa shape index (κ2) is 6.99. The largest absolute Gasteiger partial charge is 0.493 e. The van der Waals surface area contributed by atoms with E-state index < -0.39 is 5.97 Å². The molecule has 0 aliphatic carbocycles. The van der Waals surface area contributed by atoms with Crippen molar-refractivity contribution in [1.29, 1.82) is 0 Å². The van der Waals surface area contributed by atoms with Gasteiger partial charge in [0.1, 0.15) is 6.61 Å². The normalized spacial score (nSPS) is 10.0. The van der Waals surface area contributed by atoms with E-state index in [4.69, 9.17) is 18.9 Å². The van der Waals surface area contributed by atoms with Crippen molar-refractivity contribution in [2.24, 2.45) is 0 Å². The van der Waals surface area contributed by atoms with Crippen LogP contribution < -0.4 is 14.2 Å². The lowest BCUT2D eigenvalue weighted by atomic mass is 10.2. The number of carbonyl (C=O) groups is 1. The summed E-state index contributed by atoms with van der Waals surface area (Å²) < 4.78 is 20.9. The molecule has 0 radical (unpaired) electrons. The van der Waals surface area contributed by atoms with Crippen molar-refractivity contribution in [3.05, 3.63) is 40.1 Å². The quantitative estimate of drug-likeness (QED) is 0.767. The predicted molar refractivity (Wildman–Crippen MR) is 79.5 cm³/mol. The van der Waals surface area contributed by atoms with E-state index in [0.29, 0.717) is 22.8 Å². The summed E-state index contributed by atoms with van der Waals surface area (Å²) in [4.78, 5) is 13.1. The van der Waals surface area contributed by atoms with Crippen molar-refractivity contribution in [2.75, 3.05) is 21.3 Å². The number of ether oxygens (including phenoxy) is 4. The minimum absolute atomic E-state index is 0.243. The van der Waals surface area contributed by atoms with Gasteiger partial charge in [-0.2, -0.15) is 0 Å². The van der Waals surface area contributed by atoms with Gasteiger partial charge in [-0.15, -0.1) is 11.3 Å². The van der Waals surface area contributed by atoms with Crippen LogP contribution in [0.15, 0.2) is 29.6 Å². The highest BCUT2D eigenvalue weighted by Gasteiger charge is 2.17. The van der Waals surface area contributed by atoms with Crippen LogP contribution in [0.25, 0.3) is 0 Å². The average molecular weight is 308 g/mol. The standard InChI is InChI=1S/C15H16O5S/c1-17-12-7-10(8-13(18-2)14(12)19-3)15(16)20-9-11-5-4-6-21-11/h4-8H,9H2,1-3H3. The van der Waals surface area contributed by atoms with Crippen LogP contribution in [0.5, 0.6) is 17.2 Å². The molecule has 0 saturated carbocycles. The van der Waals surface area contributed by atoms with E-state index in [1.165, 1.54) is 32.7 Å². The molecule has 0 unspecified atom stereocenters. The summed E-state index contributed by atoms with van der Waals surface area (Å²) in [5.74, 6) is 0.831. The first-order chi connectivity index (χ1) is 10.2. The van der Waals surface area contributed by atoms with Gasteiger partial charge in [0.15, 0.2) is 11.5 Å². The van der Waals surface area contributed by atoms with Crippen molar-refractivity contribution >= 4 is 17.3 Å². The lowest BCUT2D eigenvalue weighted by Crippen LogP contribution is -2.06. The number of benzene rings is 1. The van der Waals surface area contributed by atoms with Gasteiger partial charge in [0.25, 0.3) is 0 Å². The van der Waals surface area contributed by atoms with Crippen LogP contribution in [-0.4, -0.2) is 27.3 Å². The van der Waals surface area contributed by atoms with E-state index >= 15 is 0 Å². The monoisotopic (exact) mass is 308 g/mol. The molecular weight excluding hydrogens is 292 g/mol. The molecule has 2 rings (SSSR count). The zero-order chi connectivity index (χ0) is 15.2. The summed E-state index contributed by atoms with van der Waals surface area (Å²) in [6.07, 6.45) is 0. The van der Waals surface area contributed by atoms with E-state index in [1.807, 2.05) is 17.5 Å². The summed E-state index contributed by atoms with van der Waals surface area (Å²) in [5, 5.41) is 1.93. The van der Waals surface area contributed by atoms with Gasteiger partial charge in [-0.05, 0) is 23.6 Å². The van der Waals surface area contributed by atoms with E-state index in [2.05, 4.69) is 0 Å². The van der Waals surface area contributed by atoms with Crippen molar-refractivity contribution in [3.63, 3.8) is 0 Å².